The fourth-order valence-electron chi connectivity index (χ4n) is 7.51. The molecule has 4 unspecified atom stereocenters. The summed E-state index contributed by atoms with van der Waals surface area (Å²) in [6.45, 7) is 0. The van der Waals surface area contributed by atoms with E-state index in [1.807, 2.05) is 84.9 Å². The molecule has 0 N–H and O–H groups in total. The Kier molecular flexibility index (Phi) is 12.1. The van der Waals surface area contributed by atoms with Crippen molar-refractivity contribution in [3.8, 4) is 0 Å². The van der Waals surface area contributed by atoms with Gasteiger partial charge in [-0.25, -0.2) is 9.59 Å². The molecule has 0 saturated heterocycles. The largest absolute Gasteiger partial charge is 0.450 e. The molecule has 48 heavy (non-hydrogen) atoms. The van der Waals surface area contributed by atoms with Gasteiger partial charge in [-0.2, -0.15) is 0 Å². The van der Waals surface area contributed by atoms with Crippen LogP contribution in [0.3, 0.4) is 0 Å². The number of rotatable bonds is 11. The molecule has 0 aromatic heterocycles. The zero-order valence-electron chi connectivity index (χ0n) is 27.7. The molecule has 2 saturated carbocycles. The van der Waals surface area contributed by atoms with E-state index >= 15 is 0 Å². The van der Waals surface area contributed by atoms with Gasteiger partial charge in [0.05, 0.1) is 11.1 Å². The smallest absolute Gasteiger partial charge is 0.338 e. The molecule has 0 amide bonds. The van der Waals surface area contributed by atoms with Gasteiger partial charge in [-0.05, 0) is 134 Å². The lowest BCUT2D eigenvalue weighted by Crippen LogP contribution is -2.23. The predicted octanol–water partition coefficient (Wildman–Crippen LogP) is 10.5. The van der Waals surface area contributed by atoms with Crippen LogP contribution >= 0.6 is 18.5 Å². The minimum atomic E-state index is -0.849. The van der Waals surface area contributed by atoms with E-state index < -0.39 is 24.1 Å². The molecule has 6 heteroatoms. The van der Waals surface area contributed by atoms with Crippen molar-refractivity contribution in [1.82, 2.24) is 0 Å². The van der Waals surface area contributed by atoms with E-state index in [0.717, 1.165) is 23.0 Å². The zero-order chi connectivity index (χ0) is 33.3. The number of hydrogen-bond donors (Lipinski definition) is 0. The molecule has 250 valence electrons. The Hall–Kier alpha value is -3.32. The van der Waals surface area contributed by atoms with Crippen LogP contribution in [0.4, 0.5) is 0 Å². The van der Waals surface area contributed by atoms with Crippen LogP contribution in [0.2, 0.25) is 0 Å². The Morgan fingerprint density at radius 3 is 1.15 bits per heavy atom. The van der Waals surface area contributed by atoms with E-state index in [1.54, 1.807) is 0 Å². The second kappa shape index (κ2) is 16.9. The van der Waals surface area contributed by atoms with Crippen LogP contribution in [0.1, 0.15) is 118 Å². The van der Waals surface area contributed by atoms with Gasteiger partial charge in [-0.1, -0.05) is 84.9 Å². The van der Waals surface area contributed by atoms with E-state index in [1.165, 1.54) is 74.8 Å². The molecule has 0 heterocycles. The van der Waals surface area contributed by atoms with E-state index in [0.29, 0.717) is 23.0 Å². The average molecular weight is 679 g/mol. The fourth-order valence-corrected chi connectivity index (χ4v) is 8.45. The molecule has 4 aromatic rings. The van der Waals surface area contributed by atoms with Crippen molar-refractivity contribution < 1.29 is 19.1 Å². The SMILES string of the molecule is O=C(OC(c1ccccc1)C(OC(=O)c1ccc(C2CCC(CP)CC2)cc1)c1ccccc1)c1ccc(C2CCC(CP)CC2)cc1. The van der Waals surface area contributed by atoms with Crippen molar-refractivity contribution in [3.05, 3.63) is 143 Å². The lowest BCUT2D eigenvalue weighted by molar-refractivity contribution is -0.0388. The first kappa shape index (κ1) is 34.5. The quantitative estimate of drug-likeness (QED) is 0.117. The van der Waals surface area contributed by atoms with Crippen LogP contribution in [0.5, 0.6) is 0 Å². The Morgan fingerprint density at radius 1 is 0.500 bits per heavy atom. The second-order valence-electron chi connectivity index (χ2n) is 13.6. The Balaban J connectivity index is 1.21. The van der Waals surface area contributed by atoms with Gasteiger partial charge >= 0.3 is 11.9 Å². The zero-order valence-corrected chi connectivity index (χ0v) is 30.0. The molecule has 0 aliphatic heterocycles. The van der Waals surface area contributed by atoms with E-state index in [4.69, 9.17) is 9.47 Å². The number of carbonyl (C=O) groups excluding carboxylic acids is 2. The highest BCUT2D eigenvalue weighted by molar-refractivity contribution is 7.16. The summed E-state index contributed by atoms with van der Waals surface area (Å²) in [4.78, 5) is 27.5. The molecule has 6 rings (SSSR count). The summed E-state index contributed by atoms with van der Waals surface area (Å²) < 4.78 is 12.6. The first-order valence-electron chi connectivity index (χ1n) is 17.6. The maximum atomic E-state index is 13.8. The molecule has 2 fully saturated rings. The highest BCUT2D eigenvalue weighted by Gasteiger charge is 2.33. The second-order valence-corrected chi connectivity index (χ2v) is 14.6. The van der Waals surface area contributed by atoms with Gasteiger partial charge in [0, 0.05) is 0 Å². The van der Waals surface area contributed by atoms with Crippen LogP contribution in [-0.2, 0) is 9.47 Å². The van der Waals surface area contributed by atoms with E-state index in [-0.39, 0.29) is 0 Å². The minimum absolute atomic E-state index is 0.445. The highest BCUT2D eigenvalue weighted by Crippen LogP contribution is 2.40. The molecule has 0 spiro atoms. The summed E-state index contributed by atoms with van der Waals surface area (Å²) in [7, 11) is 5.77. The summed E-state index contributed by atoms with van der Waals surface area (Å²) in [5, 5.41) is 0. The number of benzene rings is 4. The highest BCUT2D eigenvalue weighted by atomic mass is 31.0. The van der Waals surface area contributed by atoms with Gasteiger partial charge in [-0.3, -0.25) is 0 Å². The normalized spacial score (nSPS) is 22.3. The summed E-state index contributed by atoms with van der Waals surface area (Å²) in [5.74, 6) is 1.78. The molecule has 2 aliphatic carbocycles. The molecule has 0 bridgehead atoms. The first-order chi connectivity index (χ1) is 23.5. The van der Waals surface area contributed by atoms with Crippen molar-refractivity contribution in [2.45, 2.75) is 75.4 Å². The Bertz CT molecular complexity index is 1470. The predicted molar refractivity (Wildman–Crippen MR) is 201 cm³/mol. The van der Waals surface area contributed by atoms with E-state index in [2.05, 4.69) is 42.7 Å². The third kappa shape index (κ3) is 8.63. The topological polar surface area (TPSA) is 52.6 Å². The van der Waals surface area contributed by atoms with Crippen molar-refractivity contribution in [1.29, 1.82) is 0 Å². The summed E-state index contributed by atoms with van der Waals surface area (Å²) in [6, 6.07) is 34.9. The van der Waals surface area contributed by atoms with Crippen LogP contribution in [0.25, 0.3) is 0 Å². The maximum absolute atomic E-state index is 13.8. The molecule has 4 nitrogen and oxygen atoms in total. The van der Waals surface area contributed by atoms with Gasteiger partial charge in [0.25, 0.3) is 0 Å². The maximum Gasteiger partial charge on any atom is 0.338 e. The summed E-state index contributed by atoms with van der Waals surface area (Å²) in [5.41, 5.74) is 5.04. The first-order valence-corrected chi connectivity index (χ1v) is 19.3. The number of ether oxygens (including phenoxy) is 2. The number of carbonyl (C=O) groups is 2. The Morgan fingerprint density at radius 2 is 0.833 bits per heavy atom. The lowest BCUT2D eigenvalue weighted by atomic mass is 9.79. The molecular weight excluding hydrogens is 630 g/mol. The summed E-state index contributed by atoms with van der Waals surface area (Å²) >= 11 is 0. The minimum Gasteiger partial charge on any atom is -0.450 e. The van der Waals surface area contributed by atoms with Crippen LogP contribution in [-0.4, -0.2) is 24.3 Å². The third-order valence-electron chi connectivity index (χ3n) is 10.6. The van der Waals surface area contributed by atoms with Gasteiger partial charge in [-0.15, -0.1) is 18.5 Å². The van der Waals surface area contributed by atoms with Crippen LogP contribution in [0.15, 0.2) is 109 Å². The van der Waals surface area contributed by atoms with Crippen molar-refractivity contribution >= 4 is 30.4 Å². The average Bonchev–Trinajstić information content (AvgIpc) is 3.17. The standard InChI is InChI=1S/C42H48O4P2/c43-41(37-23-19-33(20-24-37)31-15-11-29(27-47)12-16-31)45-39(35-7-3-1-4-8-35)40(36-9-5-2-6-10-36)46-42(44)38-25-21-34(22-26-38)32-17-13-30(28-48)14-18-32/h1-10,19-26,29-32,39-40H,11-18,27-28,47-48H2. The van der Waals surface area contributed by atoms with Crippen LogP contribution in [0, 0.1) is 11.8 Å². The molecule has 0 radical (unpaired) electrons. The van der Waals surface area contributed by atoms with Crippen molar-refractivity contribution in [2.75, 3.05) is 12.3 Å². The van der Waals surface area contributed by atoms with Gasteiger partial charge in [0.1, 0.15) is 0 Å². The summed E-state index contributed by atoms with van der Waals surface area (Å²) in [6.07, 6.45) is 10.4. The van der Waals surface area contributed by atoms with Crippen molar-refractivity contribution in [3.63, 3.8) is 0 Å². The third-order valence-corrected chi connectivity index (χ3v) is 11.9. The van der Waals surface area contributed by atoms with Crippen molar-refractivity contribution in [2.24, 2.45) is 11.8 Å². The lowest BCUT2D eigenvalue weighted by Gasteiger charge is -2.29. The van der Waals surface area contributed by atoms with Crippen LogP contribution < -0.4 is 0 Å². The molecular formula is C42H48O4P2. The molecule has 2 aliphatic rings. The molecule has 4 aromatic carbocycles. The van der Waals surface area contributed by atoms with Gasteiger partial charge in [0.2, 0.25) is 0 Å². The van der Waals surface area contributed by atoms with Gasteiger partial charge in [0.15, 0.2) is 12.2 Å². The fraction of sp³-hybridized carbons (Fsp3) is 0.381. The molecule has 4 atom stereocenters. The monoisotopic (exact) mass is 678 g/mol. The van der Waals surface area contributed by atoms with Gasteiger partial charge < -0.3 is 9.47 Å². The number of hydrogen-bond acceptors (Lipinski definition) is 4. The Labute approximate surface area is 290 Å². The van der Waals surface area contributed by atoms with E-state index in [9.17, 15) is 9.59 Å². The number of esters is 2.